The summed E-state index contributed by atoms with van der Waals surface area (Å²) in [6.07, 6.45) is 7.05. The molecule has 0 saturated carbocycles. The Balaban J connectivity index is 1.25. The highest BCUT2D eigenvalue weighted by atomic mass is 32.1. The minimum absolute atomic E-state index is 0.0353. The summed E-state index contributed by atoms with van der Waals surface area (Å²) in [6, 6.07) is 7.96. The Hall–Kier alpha value is -3.81. The Labute approximate surface area is 249 Å². The molecule has 2 aliphatic rings. The first-order valence-corrected chi connectivity index (χ1v) is 15.1. The summed E-state index contributed by atoms with van der Waals surface area (Å²) >= 11 is 1.43. The molecule has 2 saturated heterocycles. The molecule has 12 nitrogen and oxygen atoms in total. The van der Waals surface area contributed by atoms with Crippen molar-refractivity contribution in [1.82, 2.24) is 20.3 Å². The van der Waals surface area contributed by atoms with E-state index in [1.54, 1.807) is 44.1 Å². The maximum absolute atomic E-state index is 13.3. The molecule has 2 N–H and O–H groups in total. The van der Waals surface area contributed by atoms with E-state index in [1.807, 2.05) is 12.1 Å². The summed E-state index contributed by atoms with van der Waals surface area (Å²) in [5.41, 5.74) is 2.05. The van der Waals surface area contributed by atoms with E-state index in [2.05, 4.69) is 35.4 Å². The van der Waals surface area contributed by atoms with E-state index in [0.717, 1.165) is 56.1 Å². The quantitative estimate of drug-likeness (QED) is 0.301. The van der Waals surface area contributed by atoms with Gasteiger partial charge in [0.15, 0.2) is 5.13 Å². The molecule has 2 fully saturated rings. The van der Waals surface area contributed by atoms with Gasteiger partial charge in [0.1, 0.15) is 11.8 Å². The van der Waals surface area contributed by atoms with Crippen molar-refractivity contribution in [3.63, 3.8) is 0 Å². The summed E-state index contributed by atoms with van der Waals surface area (Å²) < 4.78 is 16.4. The topological polar surface area (TPSA) is 131 Å². The molecule has 0 bridgehead atoms. The van der Waals surface area contributed by atoms with Gasteiger partial charge in [-0.2, -0.15) is 0 Å². The monoisotopic (exact) mass is 595 g/mol. The molecule has 5 rings (SSSR count). The molecule has 2 amide bonds. The lowest BCUT2D eigenvalue weighted by molar-refractivity contribution is 0.0938. The van der Waals surface area contributed by atoms with Crippen LogP contribution in [0.25, 0.3) is 0 Å². The van der Waals surface area contributed by atoms with Gasteiger partial charge in [0.25, 0.3) is 11.8 Å². The van der Waals surface area contributed by atoms with E-state index >= 15 is 0 Å². The number of carbonyl (C=O) groups excluding carboxylic acids is 2. The van der Waals surface area contributed by atoms with Crippen molar-refractivity contribution in [3.05, 3.63) is 53.3 Å². The Bertz CT molecular complexity index is 1330. The fraction of sp³-hybridized carbons (Fsp3) is 0.483. The predicted molar refractivity (Wildman–Crippen MR) is 161 cm³/mol. The third-order valence-electron chi connectivity index (χ3n) is 7.41. The van der Waals surface area contributed by atoms with Crippen LogP contribution in [-0.2, 0) is 9.47 Å². The van der Waals surface area contributed by atoms with Gasteiger partial charge in [0, 0.05) is 76.7 Å². The van der Waals surface area contributed by atoms with Crippen molar-refractivity contribution in [3.8, 4) is 6.01 Å². The molecule has 0 aliphatic carbocycles. The molecule has 1 aromatic carbocycles. The van der Waals surface area contributed by atoms with Crippen LogP contribution in [-0.4, -0.2) is 92.5 Å². The number of hydrogen-bond donors (Lipinski definition) is 2. The summed E-state index contributed by atoms with van der Waals surface area (Å²) in [5.74, 6) is -0.647. The first kappa shape index (κ1) is 29.7. The summed E-state index contributed by atoms with van der Waals surface area (Å²) in [4.78, 5) is 43.8. The molecule has 4 heterocycles. The summed E-state index contributed by atoms with van der Waals surface area (Å²) in [5, 5.41) is 8.32. The number of piperidine rings is 1. The van der Waals surface area contributed by atoms with Gasteiger partial charge in [-0.1, -0.05) is 0 Å². The second-order valence-electron chi connectivity index (χ2n) is 10.2. The fourth-order valence-corrected chi connectivity index (χ4v) is 6.13. The van der Waals surface area contributed by atoms with Crippen molar-refractivity contribution in [1.29, 1.82) is 0 Å². The molecule has 2 aromatic heterocycles. The standard InChI is InChI=1S/C29H37N7O5S/c1-39-16-12-30-26(37)23-17-20(36-13-3-5-21(36)18-40-2)6-7-24(23)33-27(38)25-19-42-29(34-25)35-14-8-22(9-15-35)41-28-31-10-4-11-32-28/h4,6-7,10-11,17,19,21-22H,3,5,8-9,12-16,18H2,1-2H3,(H,30,37)(H,33,38)/t21-/m1/s1. The molecule has 0 unspecified atom stereocenters. The van der Waals surface area contributed by atoms with Crippen LogP contribution < -0.4 is 25.2 Å². The SMILES string of the molecule is COCCNC(=O)c1cc(N2CCC[C@@H]2COC)ccc1NC(=O)c1csc(N2CCC(Oc3ncccn3)CC2)n1. The third-order valence-corrected chi connectivity index (χ3v) is 8.31. The number of hydrogen-bond acceptors (Lipinski definition) is 11. The highest BCUT2D eigenvalue weighted by Crippen LogP contribution is 2.31. The van der Waals surface area contributed by atoms with Gasteiger partial charge in [-0.3, -0.25) is 9.59 Å². The van der Waals surface area contributed by atoms with Crippen LogP contribution in [0, 0.1) is 0 Å². The van der Waals surface area contributed by atoms with Crippen LogP contribution in [0.3, 0.4) is 0 Å². The molecule has 13 heteroatoms. The number of anilines is 3. The minimum Gasteiger partial charge on any atom is -0.460 e. The Morgan fingerprint density at radius 1 is 1.05 bits per heavy atom. The number of amides is 2. The number of benzene rings is 1. The molecule has 1 atom stereocenters. The van der Waals surface area contributed by atoms with Crippen LogP contribution in [0.5, 0.6) is 6.01 Å². The highest BCUT2D eigenvalue weighted by Gasteiger charge is 2.27. The lowest BCUT2D eigenvalue weighted by Gasteiger charge is -2.31. The summed E-state index contributed by atoms with van der Waals surface area (Å²) in [7, 11) is 3.28. The molecule has 224 valence electrons. The van der Waals surface area contributed by atoms with Gasteiger partial charge in [-0.05, 0) is 37.1 Å². The second kappa shape index (κ2) is 14.4. The maximum Gasteiger partial charge on any atom is 0.316 e. The zero-order valence-corrected chi connectivity index (χ0v) is 24.8. The molecule has 42 heavy (non-hydrogen) atoms. The van der Waals surface area contributed by atoms with Gasteiger partial charge >= 0.3 is 6.01 Å². The van der Waals surface area contributed by atoms with Crippen molar-refractivity contribution >= 4 is 39.7 Å². The number of carbonyl (C=O) groups is 2. The zero-order valence-electron chi connectivity index (χ0n) is 24.0. The Kier molecular flexibility index (Phi) is 10.2. The second-order valence-corrected chi connectivity index (χ2v) is 11.1. The Morgan fingerprint density at radius 2 is 1.86 bits per heavy atom. The number of nitrogens with one attached hydrogen (secondary N) is 2. The van der Waals surface area contributed by atoms with Crippen molar-refractivity contribution < 1.29 is 23.8 Å². The van der Waals surface area contributed by atoms with E-state index < -0.39 is 0 Å². The molecule has 0 spiro atoms. The van der Waals surface area contributed by atoms with Gasteiger partial charge in [-0.25, -0.2) is 15.0 Å². The molecular weight excluding hydrogens is 558 g/mol. The smallest absolute Gasteiger partial charge is 0.316 e. The van der Waals surface area contributed by atoms with Gasteiger partial charge < -0.3 is 34.6 Å². The van der Waals surface area contributed by atoms with E-state index in [-0.39, 0.29) is 24.0 Å². The number of aromatic nitrogens is 3. The average molecular weight is 596 g/mol. The van der Waals surface area contributed by atoms with Crippen molar-refractivity contribution in [2.75, 3.05) is 68.7 Å². The zero-order chi connectivity index (χ0) is 29.3. The molecular formula is C29H37N7O5S. The van der Waals surface area contributed by atoms with Gasteiger partial charge in [0.2, 0.25) is 0 Å². The van der Waals surface area contributed by atoms with Crippen LogP contribution in [0.4, 0.5) is 16.5 Å². The fourth-order valence-electron chi connectivity index (χ4n) is 5.27. The Morgan fingerprint density at radius 3 is 2.62 bits per heavy atom. The minimum atomic E-state index is -0.367. The van der Waals surface area contributed by atoms with Crippen molar-refractivity contribution in [2.45, 2.75) is 37.8 Å². The number of nitrogens with zero attached hydrogens (tertiary/aromatic N) is 5. The van der Waals surface area contributed by atoms with E-state index in [4.69, 9.17) is 14.2 Å². The molecule has 2 aliphatic heterocycles. The first-order valence-electron chi connectivity index (χ1n) is 14.2. The molecule has 0 radical (unpaired) electrons. The first-order chi connectivity index (χ1) is 20.6. The number of thiazole rings is 1. The number of rotatable bonds is 12. The number of methoxy groups -OCH3 is 2. The third kappa shape index (κ3) is 7.33. The average Bonchev–Trinajstić information content (AvgIpc) is 3.69. The van der Waals surface area contributed by atoms with Crippen LogP contribution in [0.2, 0.25) is 0 Å². The van der Waals surface area contributed by atoms with E-state index in [0.29, 0.717) is 42.7 Å². The van der Waals surface area contributed by atoms with Crippen molar-refractivity contribution in [2.24, 2.45) is 0 Å². The maximum atomic E-state index is 13.3. The van der Waals surface area contributed by atoms with E-state index in [1.165, 1.54) is 11.3 Å². The van der Waals surface area contributed by atoms with Crippen LogP contribution >= 0.6 is 11.3 Å². The largest absolute Gasteiger partial charge is 0.460 e. The lowest BCUT2D eigenvalue weighted by Crippen LogP contribution is -2.38. The molecule has 3 aromatic rings. The predicted octanol–water partition coefficient (Wildman–Crippen LogP) is 3.22. The van der Waals surface area contributed by atoms with Gasteiger partial charge in [0.05, 0.1) is 30.5 Å². The van der Waals surface area contributed by atoms with Crippen LogP contribution in [0.15, 0.2) is 42.0 Å². The summed E-state index contributed by atoms with van der Waals surface area (Å²) in [6.45, 7) is 3.75. The van der Waals surface area contributed by atoms with E-state index in [9.17, 15) is 9.59 Å². The highest BCUT2D eigenvalue weighted by molar-refractivity contribution is 7.14. The number of ether oxygens (including phenoxy) is 3. The van der Waals surface area contributed by atoms with Gasteiger partial charge in [-0.15, -0.1) is 11.3 Å². The van der Waals surface area contributed by atoms with Crippen LogP contribution in [0.1, 0.15) is 46.5 Å². The normalized spacial score (nSPS) is 17.3. The lowest BCUT2D eigenvalue weighted by atomic mass is 10.1.